The molecule has 0 bridgehead atoms. The van der Waals surface area contributed by atoms with Crippen molar-refractivity contribution < 1.29 is 14.4 Å². The van der Waals surface area contributed by atoms with Gasteiger partial charge in [0.1, 0.15) is 5.75 Å². The Labute approximate surface area is 116 Å². The zero-order valence-corrected chi connectivity index (χ0v) is 13.5. The molecule has 0 aliphatic rings. The second-order valence-corrected chi connectivity index (χ2v) is 10.7. The Hall–Kier alpha value is -1.49. The molecule has 0 unspecified atom stereocenters. The molecule has 0 aliphatic carbocycles. The topological polar surface area (TPSA) is 51.0 Å². The van der Waals surface area contributed by atoms with Crippen LogP contribution in [0.15, 0.2) is 23.4 Å². The highest BCUT2D eigenvalue weighted by Gasteiger charge is 2.39. The highest BCUT2D eigenvalue weighted by atomic mass is 28.4. The van der Waals surface area contributed by atoms with Gasteiger partial charge in [-0.2, -0.15) is 0 Å². The molecule has 0 saturated carbocycles. The Morgan fingerprint density at radius 2 is 1.84 bits per heavy atom. The molecular formula is C14H23NO3Si. The van der Waals surface area contributed by atoms with Crippen molar-refractivity contribution in [3.05, 3.63) is 23.8 Å². The number of rotatable bonds is 4. The number of methoxy groups -OCH3 is 1. The third-order valence-electron chi connectivity index (χ3n) is 3.57. The molecule has 0 spiro atoms. The number of hydrogen-bond acceptors (Lipinski definition) is 4. The molecule has 19 heavy (non-hydrogen) atoms. The quantitative estimate of drug-likeness (QED) is 0.394. The van der Waals surface area contributed by atoms with E-state index in [9.17, 15) is 0 Å². The Morgan fingerprint density at radius 1 is 1.21 bits per heavy atom. The minimum Gasteiger partial charge on any atom is -0.541 e. The fourth-order valence-corrected chi connectivity index (χ4v) is 2.37. The first-order valence-corrected chi connectivity index (χ1v) is 9.16. The molecule has 5 heteroatoms. The van der Waals surface area contributed by atoms with Crippen LogP contribution in [0.1, 0.15) is 26.3 Å². The van der Waals surface area contributed by atoms with Gasteiger partial charge in [0.2, 0.25) is 0 Å². The van der Waals surface area contributed by atoms with E-state index in [1.54, 1.807) is 13.2 Å². The first-order valence-electron chi connectivity index (χ1n) is 6.26. The summed E-state index contributed by atoms with van der Waals surface area (Å²) in [4.78, 5) is 0. The summed E-state index contributed by atoms with van der Waals surface area (Å²) < 4.78 is 11.6. The van der Waals surface area contributed by atoms with Gasteiger partial charge >= 0.3 is 0 Å². The number of ether oxygens (including phenoxy) is 1. The van der Waals surface area contributed by atoms with Crippen LogP contribution in [0.2, 0.25) is 18.1 Å². The van der Waals surface area contributed by atoms with Crippen LogP contribution in [-0.2, 0) is 0 Å². The molecule has 0 radical (unpaired) electrons. The molecule has 0 atom stereocenters. The van der Waals surface area contributed by atoms with Gasteiger partial charge in [0.05, 0.1) is 13.3 Å². The summed E-state index contributed by atoms with van der Waals surface area (Å²) >= 11 is 0. The molecular weight excluding hydrogens is 258 g/mol. The molecule has 4 nitrogen and oxygen atoms in total. The molecule has 1 rings (SSSR count). The van der Waals surface area contributed by atoms with E-state index in [1.807, 2.05) is 12.1 Å². The minimum absolute atomic E-state index is 0.128. The van der Waals surface area contributed by atoms with Gasteiger partial charge in [-0.1, -0.05) is 25.9 Å². The smallest absolute Gasteiger partial charge is 0.250 e. The predicted octanol–water partition coefficient (Wildman–Crippen LogP) is 3.89. The van der Waals surface area contributed by atoms with E-state index in [2.05, 4.69) is 39.0 Å². The van der Waals surface area contributed by atoms with Gasteiger partial charge in [0.25, 0.3) is 8.32 Å². The number of hydrogen-bond donors (Lipinski definition) is 1. The summed E-state index contributed by atoms with van der Waals surface area (Å²) in [7, 11) is -0.287. The fourth-order valence-electron chi connectivity index (χ4n) is 1.34. The predicted molar refractivity (Wildman–Crippen MR) is 80.2 cm³/mol. The molecule has 1 aromatic carbocycles. The van der Waals surface area contributed by atoms with E-state index in [0.717, 1.165) is 11.3 Å². The zero-order chi connectivity index (χ0) is 14.7. The van der Waals surface area contributed by atoms with Crippen molar-refractivity contribution in [2.45, 2.75) is 38.9 Å². The Morgan fingerprint density at radius 3 is 2.32 bits per heavy atom. The summed E-state index contributed by atoms with van der Waals surface area (Å²) in [5.41, 5.74) is 0.766. The van der Waals surface area contributed by atoms with Gasteiger partial charge < -0.3 is 14.4 Å². The lowest BCUT2D eigenvalue weighted by Gasteiger charge is -2.36. The van der Waals surface area contributed by atoms with Crippen LogP contribution in [0.25, 0.3) is 0 Å². The highest BCUT2D eigenvalue weighted by Crippen LogP contribution is 2.40. The van der Waals surface area contributed by atoms with Crippen LogP contribution in [0.4, 0.5) is 0 Å². The Bertz CT molecular complexity index is 464. The molecule has 0 saturated heterocycles. The summed E-state index contributed by atoms with van der Waals surface area (Å²) in [5, 5.41) is 11.7. The van der Waals surface area contributed by atoms with E-state index >= 15 is 0 Å². The van der Waals surface area contributed by atoms with Crippen molar-refractivity contribution in [3.63, 3.8) is 0 Å². The summed E-state index contributed by atoms with van der Waals surface area (Å²) in [5.74, 6) is 1.39. The van der Waals surface area contributed by atoms with Crippen LogP contribution in [-0.4, -0.2) is 26.8 Å². The number of nitrogens with zero attached hydrogens (tertiary/aromatic N) is 1. The standard InChI is InChI=1S/C14H23NO3Si/c1-14(2,3)19(5,6)18-12-8-7-11(10-15-16)9-13(12)17-4/h7-10,16H,1-6H3/b15-10+. The van der Waals surface area contributed by atoms with Crippen LogP contribution in [0.3, 0.4) is 0 Å². The van der Waals surface area contributed by atoms with Crippen LogP contribution in [0, 0.1) is 0 Å². The first-order chi connectivity index (χ1) is 8.71. The lowest BCUT2D eigenvalue weighted by atomic mass is 10.2. The summed E-state index contributed by atoms with van der Waals surface area (Å²) in [6.45, 7) is 11.0. The maximum atomic E-state index is 8.55. The summed E-state index contributed by atoms with van der Waals surface area (Å²) in [6.07, 6.45) is 1.36. The Kier molecular flexibility index (Phi) is 4.63. The summed E-state index contributed by atoms with van der Waals surface area (Å²) in [6, 6.07) is 5.49. The van der Waals surface area contributed by atoms with Crippen molar-refractivity contribution in [2.75, 3.05) is 7.11 Å². The lowest BCUT2D eigenvalue weighted by Crippen LogP contribution is -2.43. The number of benzene rings is 1. The van der Waals surface area contributed by atoms with Crippen molar-refractivity contribution in [1.82, 2.24) is 0 Å². The van der Waals surface area contributed by atoms with E-state index in [4.69, 9.17) is 14.4 Å². The SMILES string of the molecule is COc1cc(/C=N/O)ccc1O[Si](C)(C)C(C)(C)C. The van der Waals surface area contributed by atoms with E-state index < -0.39 is 8.32 Å². The van der Waals surface area contributed by atoms with Crippen LogP contribution >= 0.6 is 0 Å². The average Bonchev–Trinajstić information content (AvgIpc) is 2.29. The molecule has 1 N–H and O–H groups in total. The minimum atomic E-state index is -1.89. The molecule has 0 amide bonds. The largest absolute Gasteiger partial charge is 0.541 e. The van der Waals surface area contributed by atoms with Crippen molar-refractivity contribution >= 4 is 14.5 Å². The van der Waals surface area contributed by atoms with E-state index in [1.165, 1.54) is 6.21 Å². The van der Waals surface area contributed by atoms with Gasteiger partial charge in [-0.05, 0) is 41.9 Å². The van der Waals surface area contributed by atoms with Crippen LogP contribution < -0.4 is 9.16 Å². The van der Waals surface area contributed by atoms with Gasteiger partial charge in [-0.3, -0.25) is 0 Å². The van der Waals surface area contributed by atoms with Crippen molar-refractivity contribution in [1.29, 1.82) is 0 Å². The fraction of sp³-hybridized carbons (Fsp3) is 0.500. The number of oxime groups is 1. The average molecular weight is 281 g/mol. The highest BCUT2D eigenvalue weighted by molar-refractivity contribution is 6.74. The van der Waals surface area contributed by atoms with Gasteiger partial charge in [-0.25, -0.2) is 0 Å². The lowest BCUT2D eigenvalue weighted by molar-refractivity contribution is 0.322. The van der Waals surface area contributed by atoms with Gasteiger partial charge in [0, 0.05) is 0 Å². The second kappa shape index (κ2) is 5.65. The molecule has 106 valence electrons. The van der Waals surface area contributed by atoms with Gasteiger partial charge in [0.15, 0.2) is 5.75 Å². The Balaban J connectivity index is 3.08. The van der Waals surface area contributed by atoms with E-state index in [0.29, 0.717) is 5.75 Å². The van der Waals surface area contributed by atoms with E-state index in [-0.39, 0.29) is 5.04 Å². The third-order valence-corrected chi connectivity index (χ3v) is 7.91. The zero-order valence-electron chi connectivity index (χ0n) is 12.5. The van der Waals surface area contributed by atoms with Crippen molar-refractivity contribution in [2.24, 2.45) is 5.16 Å². The normalized spacial score (nSPS) is 12.7. The molecule has 0 aliphatic heterocycles. The molecule has 0 heterocycles. The monoisotopic (exact) mass is 281 g/mol. The van der Waals surface area contributed by atoms with Gasteiger partial charge in [-0.15, -0.1) is 0 Å². The first kappa shape index (κ1) is 15.6. The van der Waals surface area contributed by atoms with Crippen molar-refractivity contribution in [3.8, 4) is 11.5 Å². The van der Waals surface area contributed by atoms with Crippen LogP contribution in [0.5, 0.6) is 11.5 Å². The molecule has 0 fully saturated rings. The third kappa shape index (κ3) is 3.73. The maximum Gasteiger partial charge on any atom is 0.250 e. The molecule has 1 aromatic rings. The molecule has 0 aromatic heterocycles. The maximum absolute atomic E-state index is 8.55. The second-order valence-electron chi connectivity index (χ2n) is 6.02.